The van der Waals surface area contributed by atoms with Gasteiger partial charge in [-0.15, -0.1) is 0 Å². The predicted octanol–water partition coefficient (Wildman–Crippen LogP) is 6.59. The van der Waals surface area contributed by atoms with Crippen molar-refractivity contribution in [3.05, 3.63) is 27.3 Å². The van der Waals surface area contributed by atoms with Crippen LogP contribution >= 0.6 is 22.6 Å². The van der Waals surface area contributed by atoms with E-state index < -0.39 is 0 Å². The van der Waals surface area contributed by atoms with Crippen molar-refractivity contribution in [3.63, 3.8) is 0 Å². The molecule has 0 bridgehead atoms. The minimum Gasteiger partial charge on any atom is -0.496 e. The number of rotatable bonds is 17. The van der Waals surface area contributed by atoms with Crippen LogP contribution in [0.25, 0.3) is 0 Å². The first-order valence-electron chi connectivity index (χ1n) is 11.2. The molecule has 0 radical (unpaired) electrons. The molecule has 0 unspecified atom stereocenters. The number of hydrogen-bond acceptors (Lipinski definition) is 5. The van der Waals surface area contributed by atoms with Crippen LogP contribution in [0.1, 0.15) is 89.5 Å². The Morgan fingerprint density at radius 2 is 1.43 bits per heavy atom. The molecule has 30 heavy (non-hydrogen) atoms. The number of halogens is 1. The lowest BCUT2D eigenvalue weighted by atomic mass is 10.1. The molecule has 1 aromatic rings. The third kappa shape index (κ3) is 13.1. The number of hydrogen-bond donors (Lipinski definition) is 0. The van der Waals surface area contributed by atoms with E-state index in [4.69, 9.17) is 14.2 Å². The molecule has 0 saturated heterocycles. The van der Waals surface area contributed by atoms with Crippen LogP contribution in [-0.2, 0) is 25.7 Å². The van der Waals surface area contributed by atoms with Crippen molar-refractivity contribution in [1.29, 1.82) is 0 Å². The molecule has 0 amide bonds. The number of esters is 2. The van der Waals surface area contributed by atoms with Crippen LogP contribution in [0, 0.1) is 3.57 Å². The van der Waals surface area contributed by atoms with Crippen LogP contribution in [0.4, 0.5) is 0 Å². The largest absolute Gasteiger partial charge is 0.496 e. The average Bonchev–Trinajstić information content (AvgIpc) is 2.73. The van der Waals surface area contributed by atoms with Crippen molar-refractivity contribution in [2.24, 2.45) is 0 Å². The monoisotopic (exact) mass is 532 g/mol. The zero-order valence-corrected chi connectivity index (χ0v) is 20.7. The van der Waals surface area contributed by atoms with Crippen LogP contribution in [0.5, 0.6) is 5.75 Å². The maximum atomic E-state index is 11.8. The van der Waals surface area contributed by atoms with Gasteiger partial charge in [0.25, 0.3) is 0 Å². The molecule has 0 atom stereocenters. The van der Waals surface area contributed by atoms with Crippen molar-refractivity contribution < 1.29 is 23.8 Å². The van der Waals surface area contributed by atoms with E-state index in [0.717, 1.165) is 27.7 Å². The summed E-state index contributed by atoms with van der Waals surface area (Å²) in [6.45, 7) is 2.94. The molecule has 0 N–H and O–H groups in total. The average molecular weight is 532 g/mol. The van der Waals surface area contributed by atoms with E-state index in [1.165, 1.54) is 44.9 Å². The zero-order chi connectivity index (χ0) is 22.0. The second-order valence-corrected chi connectivity index (χ2v) is 8.69. The lowest BCUT2D eigenvalue weighted by Crippen LogP contribution is -2.09. The van der Waals surface area contributed by atoms with E-state index in [1.54, 1.807) is 7.11 Å². The summed E-state index contributed by atoms with van der Waals surface area (Å²) in [5, 5.41) is 0. The standard InChI is InChI=1S/C24H37IO5/c1-3-4-5-6-7-8-9-10-11-17-29-23(26)13-12-14-24(27)30-19-20-15-16-22(28-2)21(25)18-20/h15-16,18H,3-14,17,19H2,1-2H3. The Hall–Kier alpha value is -1.31. The van der Waals surface area contributed by atoms with Crippen LogP contribution in [0.15, 0.2) is 18.2 Å². The maximum Gasteiger partial charge on any atom is 0.306 e. The van der Waals surface area contributed by atoms with Crippen molar-refractivity contribution in [1.82, 2.24) is 0 Å². The highest BCUT2D eigenvalue weighted by Crippen LogP contribution is 2.22. The van der Waals surface area contributed by atoms with Crippen LogP contribution < -0.4 is 4.74 Å². The normalized spacial score (nSPS) is 10.6. The van der Waals surface area contributed by atoms with Gasteiger partial charge in [-0.3, -0.25) is 9.59 Å². The number of benzene rings is 1. The second-order valence-electron chi connectivity index (χ2n) is 7.53. The van der Waals surface area contributed by atoms with Gasteiger partial charge in [0.1, 0.15) is 12.4 Å². The van der Waals surface area contributed by atoms with Gasteiger partial charge in [-0.05, 0) is 53.1 Å². The van der Waals surface area contributed by atoms with E-state index in [-0.39, 0.29) is 31.4 Å². The zero-order valence-electron chi connectivity index (χ0n) is 18.6. The van der Waals surface area contributed by atoms with E-state index in [1.807, 2.05) is 18.2 Å². The summed E-state index contributed by atoms with van der Waals surface area (Å²) in [5.41, 5.74) is 0.911. The summed E-state index contributed by atoms with van der Waals surface area (Å²) in [4.78, 5) is 23.6. The molecule has 1 rings (SSSR count). The quantitative estimate of drug-likeness (QED) is 0.129. The fourth-order valence-corrected chi connectivity index (χ4v) is 3.88. The molecule has 1 aromatic carbocycles. The number of carbonyl (C=O) groups is 2. The molecule has 0 aliphatic rings. The summed E-state index contributed by atoms with van der Waals surface area (Å²) in [6.07, 6.45) is 12.1. The Morgan fingerprint density at radius 1 is 0.833 bits per heavy atom. The SMILES string of the molecule is CCCCCCCCCCCOC(=O)CCCC(=O)OCc1ccc(OC)c(I)c1. The smallest absolute Gasteiger partial charge is 0.306 e. The Bertz CT molecular complexity index is 618. The van der Waals surface area contributed by atoms with Gasteiger partial charge in [0.15, 0.2) is 0 Å². The summed E-state index contributed by atoms with van der Waals surface area (Å²) < 4.78 is 16.7. The van der Waals surface area contributed by atoms with Crippen molar-refractivity contribution in [2.75, 3.05) is 13.7 Å². The highest BCUT2D eigenvalue weighted by atomic mass is 127. The van der Waals surface area contributed by atoms with Crippen molar-refractivity contribution >= 4 is 34.5 Å². The first-order valence-corrected chi connectivity index (χ1v) is 12.3. The Balaban J connectivity index is 1.99. The molecule has 0 spiro atoms. The van der Waals surface area contributed by atoms with Gasteiger partial charge in [0.2, 0.25) is 0 Å². The Morgan fingerprint density at radius 3 is 2.03 bits per heavy atom. The Kier molecular flexibility index (Phi) is 15.5. The van der Waals surface area contributed by atoms with Crippen molar-refractivity contribution in [3.8, 4) is 5.75 Å². The molecule has 6 heteroatoms. The van der Waals surface area contributed by atoms with E-state index in [9.17, 15) is 9.59 Å². The summed E-state index contributed by atoms with van der Waals surface area (Å²) in [7, 11) is 1.62. The topological polar surface area (TPSA) is 61.8 Å². The van der Waals surface area contributed by atoms with E-state index in [2.05, 4.69) is 29.5 Å². The minimum absolute atomic E-state index is 0.223. The predicted molar refractivity (Wildman–Crippen MR) is 128 cm³/mol. The van der Waals surface area contributed by atoms with Gasteiger partial charge in [-0.25, -0.2) is 0 Å². The molecule has 0 saturated carbocycles. The number of unbranched alkanes of at least 4 members (excludes halogenated alkanes) is 8. The van der Waals surface area contributed by atoms with Gasteiger partial charge in [-0.1, -0.05) is 64.4 Å². The van der Waals surface area contributed by atoms with Crippen LogP contribution in [-0.4, -0.2) is 25.7 Å². The van der Waals surface area contributed by atoms with Crippen LogP contribution in [0.2, 0.25) is 0 Å². The van der Waals surface area contributed by atoms with E-state index >= 15 is 0 Å². The maximum absolute atomic E-state index is 11.8. The van der Waals surface area contributed by atoms with Gasteiger partial charge < -0.3 is 14.2 Å². The minimum atomic E-state index is -0.299. The molecule has 170 valence electrons. The molecule has 0 fully saturated rings. The first kappa shape index (κ1) is 26.7. The molecule has 0 aliphatic carbocycles. The Labute approximate surface area is 195 Å². The molecule has 0 heterocycles. The van der Waals surface area contributed by atoms with Gasteiger partial charge in [-0.2, -0.15) is 0 Å². The molecule has 0 aliphatic heterocycles. The summed E-state index contributed by atoms with van der Waals surface area (Å²) in [5.74, 6) is 0.270. The fourth-order valence-electron chi connectivity index (χ4n) is 3.08. The highest BCUT2D eigenvalue weighted by molar-refractivity contribution is 14.1. The molecular formula is C24H37IO5. The van der Waals surface area contributed by atoms with E-state index in [0.29, 0.717) is 13.0 Å². The van der Waals surface area contributed by atoms with Crippen molar-refractivity contribution in [2.45, 2.75) is 90.6 Å². The first-order chi connectivity index (χ1) is 14.6. The fraction of sp³-hybridized carbons (Fsp3) is 0.667. The number of ether oxygens (including phenoxy) is 3. The van der Waals surface area contributed by atoms with Gasteiger partial charge in [0.05, 0.1) is 17.3 Å². The number of methoxy groups -OCH3 is 1. The number of carbonyl (C=O) groups excluding carboxylic acids is 2. The van der Waals surface area contributed by atoms with Crippen LogP contribution in [0.3, 0.4) is 0 Å². The second kappa shape index (κ2) is 17.4. The lowest BCUT2D eigenvalue weighted by molar-refractivity contribution is -0.146. The lowest BCUT2D eigenvalue weighted by Gasteiger charge is -2.08. The van der Waals surface area contributed by atoms with Gasteiger partial charge in [0, 0.05) is 12.8 Å². The highest BCUT2D eigenvalue weighted by Gasteiger charge is 2.08. The summed E-state index contributed by atoms with van der Waals surface area (Å²) >= 11 is 2.18. The molecule has 5 nitrogen and oxygen atoms in total. The third-order valence-electron chi connectivity index (χ3n) is 4.89. The molecular weight excluding hydrogens is 495 g/mol. The molecule has 0 aromatic heterocycles. The summed E-state index contributed by atoms with van der Waals surface area (Å²) in [6, 6.07) is 5.66. The third-order valence-corrected chi connectivity index (χ3v) is 5.73. The van der Waals surface area contributed by atoms with Gasteiger partial charge >= 0.3 is 11.9 Å².